The fraction of sp³-hybridized carbons (Fsp3) is 0.875. The Morgan fingerprint density at radius 2 is 2.17 bits per heavy atom. The molecule has 12 heavy (non-hydrogen) atoms. The average molecular weight is 173 g/mol. The van der Waals surface area contributed by atoms with Crippen LogP contribution in [0.3, 0.4) is 0 Å². The fourth-order valence-corrected chi connectivity index (χ4v) is 0.667. The second-order valence-corrected chi connectivity index (χ2v) is 2.40. The Balaban J connectivity index is 3.13. The van der Waals surface area contributed by atoms with Gasteiger partial charge >= 0.3 is 0 Å². The lowest BCUT2D eigenvalue weighted by Gasteiger charge is -2.05. The Hall–Kier alpha value is -0.630. The molecule has 0 aliphatic carbocycles. The van der Waals surface area contributed by atoms with E-state index in [1.54, 1.807) is 7.11 Å². The van der Waals surface area contributed by atoms with Crippen molar-refractivity contribution in [3.63, 3.8) is 0 Å². The Labute approximate surface area is 72.7 Å². The summed E-state index contributed by atoms with van der Waals surface area (Å²) in [5.74, 6) is -0.299. The van der Waals surface area contributed by atoms with Crippen LogP contribution in [0.2, 0.25) is 0 Å². The third-order valence-electron chi connectivity index (χ3n) is 1.45. The number of aliphatic hydroxyl groups is 1. The van der Waals surface area contributed by atoms with Gasteiger partial charge in [-0.25, -0.2) is 0 Å². The van der Waals surface area contributed by atoms with Crippen LogP contribution in [0.5, 0.6) is 0 Å². The first-order valence-electron chi connectivity index (χ1n) is 3.92. The van der Waals surface area contributed by atoms with Gasteiger partial charge in [0.1, 0.15) is 0 Å². The van der Waals surface area contributed by atoms with Crippen molar-refractivity contribution < 1.29 is 14.6 Å². The lowest BCUT2D eigenvalue weighted by molar-refractivity contribution is 0.0629. The molecule has 0 saturated heterocycles. The molecule has 0 amide bonds. The van der Waals surface area contributed by atoms with Gasteiger partial charge in [0.15, 0.2) is 0 Å². The van der Waals surface area contributed by atoms with E-state index in [1.807, 2.05) is 6.07 Å². The van der Waals surface area contributed by atoms with Gasteiger partial charge in [-0.1, -0.05) is 0 Å². The quantitative estimate of drug-likeness (QED) is 0.557. The summed E-state index contributed by atoms with van der Waals surface area (Å²) in [6, 6.07) is 1.98. The van der Waals surface area contributed by atoms with E-state index in [-0.39, 0.29) is 12.5 Å². The van der Waals surface area contributed by atoms with Crippen LogP contribution in [-0.4, -0.2) is 38.6 Å². The molecule has 4 heteroatoms. The van der Waals surface area contributed by atoms with Crippen molar-refractivity contribution in [3.05, 3.63) is 0 Å². The number of nitrogens with zero attached hydrogens (tertiary/aromatic N) is 1. The minimum atomic E-state index is -0.299. The third-order valence-corrected chi connectivity index (χ3v) is 1.45. The molecule has 0 bridgehead atoms. The van der Waals surface area contributed by atoms with Gasteiger partial charge in [-0.3, -0.25) is 0 Å². The largest absolute Gasteiger partial charge is 0.395 e. The summed E-state index contributed by atoms with van der Waals surface area (Å²) in [6.45, 7) is 1.52. The monoisotopic (exact) mass is 173 g/mol. The van der Waals surface area contributed by atoms with Crippen LogP contribution in [0.4, 0.5) is 0 Å². The van der Waals surface area contributed by atoms with Gasteiger partial charge in [0.25, 0.3) is 0 Å². The van der Waals surface area contributed by atoms with E-state index in [1.165, 1.54) is 0 Å². The van der Waals surface area contributed by atoms with Crippen LogP contribution in [0.25, 0.3) is 0 Å². The second-order valence-electron chi connectivity index (χ2n) is 2.40. The molecule has 0 rings (SSSR count). The molecule has 0 aliphatic heterocycles. The van der Waals surface area contributed by atoms with Crippen molar-refractivity contribution in [2.24, 2.45) is 5.92 Å². The summed E-state index contributed by atoms with van der Waals surface area (Å²) in [5.41, 5.74) is 0. The molecule has 0 fully saturated rings. The van der Waals surface area contributed by atoms with E-state index in [0.29, 0.717) is 26.2 Å². The fourth-order valence-electron chi connectivity index (χ4n) is 0.667. The SMILES string of the molecule is COCCOCCC(C#N)CO. The average Bonchev–Trinajstić information content (AvgIpc) is 2.11. The van der Waals surface area contributed by atoms with Gasteiger partial charge in [-0.15, -0.1) is 0 Å². The lowest BCUT2D eigenvalue weighted by Crippen LogP contribution is -2.09. The highest BCUT2D eigenvalue weighted by atomic mass is 16.5. The van der Waals surface area contributed by atoms with E-state index in [4.69, 9.17) is 19.8 Å². The molecule has 0 aromatic carbocycles. The normalized spacial score (nSPS) is 12.4. The molecule has 1 N–H and O–H groups in total. The van der Waals surface area contributed by atoms with Crippen molar-refractivity contribution in [1.29, 1.82) is 5.26 Å². The number of nitriles is 1. The van der Waals surface area contributed by atoms with E-state index in [0.717, 1.165) is 0 Å². The lowest BCUT2D eigenvalue weighted by atomic mass is 10.1. The Kier molecular flexibility index (Phi) is 8.02. The molecule has 4 nitrogen and oxygen atoms in total. The zero-order valence-corrected chi connectivity index (χ0v) is 7.32. The number of ether oxygens (including phenoxy) is 2. The molecule has 0 radical (unpaired) electrons. The minimum absolute atomic E-state index is 0.0931. The summed E-state index contributed by atoms with van der Waals surface area (Å²) >= 11 is 0. The minimum Gasteiger partial charge on any atom is -0.395 e. The van der Waals surface area contributed by atoms with Crippen molar-refractivity contribution in [2.45, 2.75) is 6.42 Å². The topological polar surface area (TPSA) is 62.5 Å². The Bertz CT molecular complexity index is 133. The van der Waals surface area contributed by atoms with Gasteiger partial charge in [0, 0.05) is 13.7 Å². The highest BCUT2D eigenvalue weighted by molar-refractivity contribution is 4.81. The molecule has 0 saturated carbocycles. The van der Waals surface area contributed by atoms with Gasteiger partial charge in [-0.2, -0.15) is 5.26 Å². The maximum atomic E-state index is 8.63. The molecule has 0 aliphatic rings. The maximum Gasteiger partial charge on any atom is 0.0716 e. The van der Waals surface area contributed by atoms with Crippen LogP contribution < -0.4 is 0 Å². The van der Waals surface area contributed by atoms with Crippen LogP contribution >= 0.6 is 0 Å². The zero-order valence-electron chi connectivity index (χ0n) is 7.32. The molecule has 1 atom stereocenters. The molecule has 1 unspecified atom stereocenters. The number of hydrogen-bond acceptors (Lipinski definition) is 4. The standard InChI is InChI=1S/C8H15NO3/c1-11-4-5-12-3-2-8(6-9)7-10/h8,10H,2-5,7H2,1H3. The highest BCUT2D eigenvalue weighted by Crippen LogP contribution is 1.99. The first-order valence-corrected chi connectivity index (χ1v) is 3.92. The first-order chi connectivity index (χ1) is 5.85. The van der Waals surface area contributed by atoms with Crippen molar-refractivity contribution in [2.75, 3.05) is 33.5 Å². The van der Waals surface area contributed by atoms with E-state index < -0.39 is 0 Å². The maximum absolute atomic E-state index is 8.63. The number of aliphatic hydroxyl groups excluding tert-OH is 1. The zero-order chi connectivity index (χ0) is 9.23. The molecule has 70 valence electrons. The van der Waals surface area contributed by atoms with Gasteiger partial charge in [0.2, 0.25) is 0 Å². The molecular weight excluding hydrogens is 158 g/mol. The highest BCUT2D eigenvalue weighted by Gasteiger charge is 2.03. The first kappa shape index (κ1) is 11.4. The second kappa shape index (κ2) is 8.47. The van der Waals surface area contributed by atoms with Crippen molar-refractivity contribution in [3.8, 4) is 6.07 Å². The summed E-state index contributed by atoms with van der Waals surface area (Å²) in [5, 5.41) is 17.1. The summed E-state index contributed by atoms with van der Waals surface area (Å²) in [6.07, 6.45) is 0.580. The Morgan fingerprint density at radius 1 is 1.42 bits per heavy atom. The third kappa shape index (κ3) is 6.10. The molecule has 0 aromatic heterocycles. The van der Waals surface area contributed by atoms with Crippen LogP contribution in [-0.2, 0) is 9.47 Å². The van der Waals surface area contributed by atoms with Gasteiger partial charge in [0.05, 0.1) is 31.8 Å². The predicted octanol–water partition coefficient (Wildman–Crippen LogP) is 0.172. The van der Waals surface area contributed by atoms with Crippen molar-refractivity contribution in [1.82, 2.24) is 0 Å². The summed E-state index contributed by atoms with van der Waals surface area (Å²) in [7, 11) is 1.61. The Morgan fingerprint density at radius 3 is 2.67 bits per heavy atom. The van der Waals surface area contributed by atoms with E-state index >= 15 is 0 Å². The van der Waals surface area contributed by atoms with Crippen LogP contribution in [0.15, 0.2) is 0 Å². The van der Waals surface area contributed by atoms with E-state index in [2.05, 4.69) is 0 Å². The van der Waals surface area contributed by atoms with E-state index in [9.17, 15) is 0 Å². The predicted molar refractivity (Wildman–Crippen MR) is 43.5 cm³/mol. The number of methoxy groups -OCH3 is 1. The summed E-state index contributed by atoms with van der Waals surface area (Å²) in [4.78, 5) is 0. The molecular formula is C8H15NO3. The molecule has 0 spiro atoms. The van der Waals surface area contributed by atoms with Crippen LogP contribution in [0, 0.1) is 17.2 Å². The molecule has 0 heterocycles. The van der Waals surface area contributed by atoms with Crippen molar-refractivity contribution >= 4 is 0 Å². The molecule has 0 aromatic rings. The van der Waals surface area contributed by atoms with Crippen LogP contribution in [0.1, 0.15) is 6.42 Å². The number of rotatable bonds is 7. The smallest absolute Gasteiger partial charge is 0.0716 e. The van der Waals surface area contributed by atoms with Gasteiger partial charge in [-0.05, 0) is 6.42 Å². The number of hydrogen-bond donors (Lipinski definition) is 1. The summed E-state index contributed by atoms with van der Waals surface area (Å²) < 4.78 is 9.88. The van der Waals surface area contributed by atoms with Gasteiger partial charge < -0.3 is 14.6 Å².